The Morgan fingerprint density at radius 1 is 1.21 bits per heavy atom. The monoisotopic (exact) mass is 349 g/mol. The van der Waals surface area contributed by atoms with Crippen LogP contribution in [0.5, 0.6) is 5.75 Å². The van der Waals surface area contributed by atoms with E-state index < -0.39 is 10.0 Å². The van der Waals surface area contributed by atoms with Gasteiger partial charge in [0, 0.05) is 6.54 Å². The molecule has 7 heteroatoms. The van der Waals surface area contributed by atoms with Gasteiger partial charge in [0.15, 0.2) is 0 Å². The first-order valence-electron chi connectivity index (χ1n) is 7.83. The first kappa shape index (κ1) is 18.1. The minimum Gasteiger partial charge on any atom is -0.497 e. The number of pyridine rings is 1. The average Bonchev–Trinajstić information content (AvgIpc) is 2.56. The number of aromatic nitrogens is 1. The molecule has 2 aromatic rings. The number of anilines is 2. The van der Waals surface area contributed by atoms with Crippen LogP contribution in [0.25, 0.3) is 0 Å². The Morgan fingerprint density at radius 3 is 2.58 bits per heavy atom. The van der Waals surface area contributed by atoms with E-state index >= 15 is 0 Å². The first-order chi connectivity index (χ1) is 11.5. The third-order valence-corrected chi connectivity index (χ3v) is 5.05. The van der Waals surface area contributed by atoms with Crippen LogP contribution in [0.3, 0.4) is 0 Å². The second-order valence-corrected chi connectivity index (χ2v) is 7.10. The van der Waals surface area contributed by atoms with E-state index in [-0.39, 0.29) is 10.7 Å². The van der Waals surface area contributed by atoms with Crippen molar-refractivity contribution in [3.8, 4) is 5.75 Å². The second kappa shape index (κ2) is 8.01. The third-order valence-electron chi connectivity index (χ3n) is 3.53. The van der Waals surface area contributed by atoms with Gasteiger partial charge in [-0.1, -0.05) is 13.3 Å². The largest absolute Gasteiger partial charge is 0.497 e. The van der Waals surface area contributed by atoms with Gasteiger partial charge in [0.05, 0.1) is 23.9 Å². The Labute approximate surface area is 143 Å². The first-order valence-corrected chi connectivity index (χ1v) is 9.32. The van der Waals surface area contributed by atoms with Crippen molar-refractivity contribution in [1.29, 1.82) is 0 Å². The molecule has 0 aliphatic rings. The molecule has 1 aromatic carbocycles. The molecule has 0 radical (unpaired) electrons. The van der Waals surface area contributed by atoms with Crippen LogP contribution in [0.4, 0.5) is 11.5 Å². The summed E-state index contributed by atoms with van der Waals surface area (Å²) in [6.07, 6.45) is 3.80. The lowest BCUT2D eigenvalue weighted by Crippen LogP contribution is -2.15. The van der Waals surface area contributed by atoms with Crippen molar-refractivity contribution in [3.63, 3.8) is 0 Å². The van der Waals surface area contributed by atoms with E-state index in [9.17, 15) is 8.42 Å². The van der Waals surface area contributed by atoms with E-state index in [1.165, 1.54) is 6.07 Å². The lowest BCUT2D eigenvalue weighted by molar-refractivity contribution is 0.414. The van der Waals surface area contributed by atoms with E-state index in [1.807, 2.05) is 0 Å². The number of nitrogens with zero attached hydrogens (tertiary/aromatic N) is 1. The fourth-order valence-corrected chi connectivity index (χ4v) is 3.45. The van der Waals surface area contributed by atoms with Crippen molar-refractivity contribution in [3.05, 3.63) is 42.1 Å². The molecular formula is C17H23N3O3S. The highest BCUT2D eigenvalue weighted by Gasteiger charge is 2.18. The topological polar surface area (TPSA) is 80.3 Å². The predicted molar refractivity (Wildman–Crippen MR) is 96.2 cm³/mol. The number of nitrogens with one attached hydrogen (secondary N) is 2. The highest BCUT2D eigenvalue weighted by molar-refractivity contribution is 7.92. The van der Waals surface area contributed by atoms with Gasteiger partial charge in [-0.3, -0.25) is 4.72 Å². The summed E-state index contributed by atoms with van der Waals surface area (Å²) in [6.45, 7) is 4.72. The number of hydrogen-bond donors (Lipinski definition) is 2. The number of methoxy groups -OCH3 is 1. The molecule has 0 bridgehead atoms. The summed E-state index contributed by atoms with van der Waals surface area (Å²) in [5, 5.41) is 3.24. The summed E-state index contributed by atoms with van der Waals surface area (Å²) >= 11 is 0. The van der Waals surface area contributed by atoms with Crippen LogP contribution in [-0.4, -0.2) is 27.1 Å². The van der Waals surface area contributed by atoms with E-state index in [1.54, 1.807) is 44.5 Å². The number of ether oxygens (including phenoxy) is 1. The van der Waals surface area contributed by atoms with Crippen molar-refractivity contribution in [1.82, 2.24) is 4.98 Å². The van der Waals surface area contributed by atoms with Crippen molar-refractivity contribution < 1.29 is 13.2 Å². The van der Waals surface area contributed by atoms with E-state index in [0.717, 1.165) is 25.1 Å². The normalized spacial score (nSPS) is 11.1. The van der Waals surface area contributed by atoms with Gasteiger partial charge in [-0.2, -0.15) is 0 Å². The molecule has 0 saturated carbocycles. The van der Waals surface area contributed by atoms with Crippen LogP contribution >= 0.6 is 0 Å². The molecule has 0 fully saturated rings. The molecular weight excluding hydrogens is 326 g/mol. The third kappa shape index (κ3) is 4.61. The van der Waals surface area contributed by atoms with Gasteiger partial charge in [-0.05, 0) is 49.2 Å². The van der Waals surface area contributed by atoms with Gasteiger partial charge >= 0.3 is 0 Å². The average molecular weight is 349 g/mol. The lowest BCUT2D eigenvalue weighted by atomic mass is 10.2. The zero-order valence-corrected chi connectivity index (χ0v) is 15.0. The van der Waals surface area contributed by atoms with Gasteiger partial charge in [-0.25, -0.2) is 13.4 Å². The molecule has 0 unspecified atom stereocenters. The Hall–Kier alpha value is -2.28. The number of sulfonamides is 1. The SMILES string of the molecule is CCCCNc1ccc(NS(=O)(=O)c2ccc(OC)cc2C)nc1. The molecule has 1 aromatic heterocycles. The zero-order valence-electron chi connectivity index (χ0n) is 14.2. The van der Waals surface area contributed by atoms with Crippen LogP contribution < -0.4 is 14.8 Å². The molecule has 0 atom stereocenters. The molecule has 0 saturated heterocycles. The van der Waals surface area contributed by atoms with Crippen molar-refractivity contribution in [2.75, 3.05) is 23.7 Å². The van der Waals surface area contributed by atoms with Gasteiger partial charge in [0.1, 0.15) is 11.6 Å². The molecule has 2 rings (SSSR count). The summed E-state index contributed by atoms with van der Waals surface area (Å²) in [6, 6.07) is 8.28. The fourth-order valence-electron chi connectivity index (χ4n) is 2.21. The molecule has 1 heterocycles. The van der Waals surface area contributed by atoms with Gasteiger partial charge in [-0.15, -0.1) is 0 Å². The van der Waals surface area contributed by atoms with E-state index in [0.29, 0.717) is 11.3 Å². The van der Waals surface area contributed by atoms with Crippen molar-refractivity contribution in [2.24, 2.45) is 0 Å². The maximum Gasteiger partial charge on any atom is 0.263 e. The summed E-state index contributed by atoms with van der Waals surface area (Å²) < 4.78 is 32.6. The van der Waals surface area contributed by atoms with E-state index in [4.69, 9.17) is 4.74 Å². The summed E-state index contributed by atoms with van der Waals surface area (Å²) in [5.41, 5.74) is 1.48. The highest BCUT2D eigenvalue weighted by Crippen LogP contribution is 2.23. The molecule has 0 aliphatic heterocycles. The van der Waals surface area contributed by atoms with Crippen LogP contribution in [0.15, 0.2) is 41.4 Å². The second-order valence-electron chi connectivity index (χ2n) is 5.45. The minimum atomic E-state index is -3.69. The number of rotatable bonds is 8. The predicted octanol–water partition coefficient (Wildman–Crippen LogP) is 3.41. The number of benzene rings is 1. The smallest absolute Gasteiger partial charge is 0.263 e. The Kier molecular flexibility index (Phi) is 6.03. The minimum absolute atomic E-state index is 0.204. The van der Waals surface area contributed by atoms with Crippen LogP contribution in [0.2, 0.25) is 0 Å². The van der Waals surface area contributed by atoms with Crippen LogP contribution in [-0.2, 0) is 10.0 Å². The maximum atomic E-state index is 12.5. The Morgan fingerprint density at radius 2 is 2.00 bits per heavy atom. The molecule has 2 N–H and O–H groups in total. The quantitative estimate of drug-likeness (QED) is 0.714. The van der Waals surface area contributed by atoms with Gasteiger partial charge in [0.2, 0.25) is 0 Å². The Balaban J connectivity index is 2.11. The molecule has 0 spiro atoms. The fraction of sp³-hybridized carbons (Fsp3) is 0.353. The van der Waals surface area contributed by atoms with Crippen molar-refractivity contribution in [2.45, 2.75) is 31.6 Å². The molecule has 0 amide bonds. The summed E-state index contributed by atoms with van der Waals surface area (Å²) in [7, 11) is -2.15. The number of hydrogen-bond acceptors (Lipinski definition) is 5. The Bertz CT molecular complexity index is 774. The zero-order chi connectivity index (χ0) is 17.6. The summed E-state index contributed by atoms with van der Waals surface area (Å²) in [5.74, 6) is 0.901. The summed E-state index contributed by atoms with van der Waals surface area (Å²) in [4.78, 5) is 4.36. The molecule has 0 aliphatic carbocycles. The standard InChI is InChI=1S/C17H23N3O3S/c1-4-5-10-18-14-6-9-17(19-12-14)20-24(21,22)16-8-7-15(23-3)11-13(16)2/h6-9,11-12,18H,4-5,10H2,1-3H3,(H,19,20). The van der Waals surface area contributed by atoms with Crippen LogP contribution in [0, 0.1) is 6.92 Å². The number of unbranched alkanes of at least 4 members (excludes halogenated alkanes) is 1. The molecule has 24 heavy (non-hydrogen) atoms. The maximum absolute atomic E-state index is 12.5. The molecule has 130 valence electrons. The van der Waals surface area contributed by atoms with E-state index in [2.05, 4.69) is 21.9 Å². The van der Waals surface area contributed by atoms with Gasteiger partial charge < -0.3 is 10.1 Å². The van der Waals surface area contributed by atoms with Gasteiger partial charge in [0.25, 0.3) is 10.0 Å². The number of aryl methyl sites for hydroxylation is 1. The molecule has 6 nitrogen and oxygen atoms in total. The van der Waals surface area contributed by atoms with Crippen molar-refractivity contribution >= 4 is 21.5 Å². The highest BCUT2D eigenvalue weighted by atomic mass is 32.2. The lowest BCUT2D eigenvalue weighted by Gasteiger charge is -2.11. The van der Waals surface area contributed by atoms with Crippen LogP contribution in [0.1, 0.15) is 25.3 Å².